The summed E-state index contributed by atoms with van der Waals surface area (Å²) < 4.78 is 6.16. The molecule has 43 heavy (non-hydrogen) atoms. The molecular weight excluding hydrogens is 641 g/mol. The van der Waals surface area contributed by atoms with Crippen LogP contribution in [0.2, 0.25) is 0 Å². The highest BCUT2D eigenvalue weighted by Gasteiger charge is 2.54. The lowest BCUT2D eigenvalue weighted by Gasteiger charge is -2.49. The van der Waals surface area contributed by atoms with Crippen molar-refractivity contribution >= 4 is 81.0 Å². The second-order valence-corrected chi connectivity index (χ2v) is 13.7. The van der Waals surface area contributed by atoms with Crippen LogP contribution in [-0.4, -0.2) is 81.3 Å². The number of aliphatic carboxylic acids is 1. The van der Waals surface area contributed by atoms with E-state index in [4.69, 9.17) is 5.73 Å². The Labute approximate surface area is 258 Å². The van der Waals surface area contributed by atoms with Gasteiger partial charge in [0.15, 0.2) is 27.9 Å². The summed E-state index contributed by atoms with van der Waals surface area (Å²) in [5.74, 6) is -4.14. The van der Waals surface area contributed by atoms with Gasteiger partial charge in [-0.05, 0) is 18.9 Å². The third-order valence-corrected chi connectivity index (χ3v) is 11.2. The number of nitrogens with two attached hydrogens (primary N) is 1. The van der Waals surface area contributed by atoms with Gasteiger partial charge in [0.1, 0.15) is 27.7 Å². The predicted octanol–water partition coefficient (Wildman–Crippen LogP) is 0.766. The van der Waals surface area contributed by atoms with Crippen molar-refractivity contribution in [3.8, 4) is 0 Å². The summed E-state index contributed by atoms with van der Waals surface area (Å²) in [5, 5.41) is 33.9. The zero-order valence-electron chi connectivity index (χ0n) is 21.8. The number of rotatable bonds is 9. The van der Waals surface area contributed by atoms with Crippen LogP contribution in [0.15, 0.2) is 38.4 Å². The lowest BCUT2D eigenvalue weighted by molar-refractivity contribution is -0.695. The Morgan fingerprint density at radius 2 is 2.05 bits per heavy atom. The number of amides is 2. The molecule has 3 aromatic heterocycles. The fraction of sp³-hybridized carbons (Fsp3) is 0.292. The molecule has 3 aromatic rings. The average molecular weight is 662 g/mol. The first-order valence-electron chi connectivity index (χ1n) is 12.6. The van der Waals surface area contributed by atoms with Crippen LogP contribution in [0.3, 0.4) is 0 Å². The highest BCUT2D eigenvalue weighted by atomic mass is 32.2. The molecule has 3 aliphatic rings. The zero-order valence-corrected chi connectivity index (χ0v) is 25.1. The number of aromatic nitrogens is 4. The Hall–Kier alpha value is -4.07. The highest BCUT2D eigenvalue weighted by Crippen LogP contribution is 2.46. The molecule has 0 spiro atoms. The number of thiazole rings is 1. The molecule has 6 rings (SSSR count). The monoisotopic (exact) mass is 661 g/mol. The number of β-lactam (4-membered cyclic amide) rings is 1. The molecule has 0 bridgehead atoms. The molecule has 2 aliphatic heterocycles. The number of pyridine rings is 1. The first-order chi connectivity index (χ1) is 20.7. The number of nitrogens with zero attached hydrogens (tertiary/aromatic N) is 6. The van der Waals surface area contributed by atoms with Crippen molar-refractivity contribution < 1.29 is 39.2 Å². The molecular formula is C24H21N8O7S4+. The summed E-state index contributed by atoms with van der Waals surface area (Å²) in [7, 11) is 0. The maximum atomic E-state index is 13.1. The van der Waals surface area contributed by atoms with E-state index < -0.39 is 40.9 Å². The summed E-state index contributed by atoms with van der Waals surface area (Å²) in [6, 6.07) is 2.89. The number of hydrogen-bond donors (Lipinski definition) is 5. The number of carboxylic acid groups (broad SMARTS) is 2. The highest BCUT2D eigenvalue weighted by molar-refractivity contribution is 8.07. The summed E-state index contributed by atoms with van der Waals surface area (Å²) >= 11 is 3.97. The fourth-order valence-electron chi connectivity index (χ4n) is 5.08. The quantitative estimate of drug-likeness (QED) is 0.0703. The summed E-state index contributed by atoms with van der Waals surface area (Å²) in [6.07, 6.45) is 4.79. The number of carboxylic acids is 2. The number of fused-ring (bicyclic) bond motifs is 2. The van der Waals surface area contributed by atoms with Crippen LogP contribution in [0.1, 0.15) is 38.9 Å². The minimum atomic E-state index is -1.35. The standard InChI is InChI=1S/C24H20N8O7S4/c25-23-28-17(30-43-23)13(29-39)18(33)27-14-19(34)32-15(21(35)36)12(8-40-20(14)32)41-24-26-10(16(42-24)22(37)38)7-31-6-2-4-9-3-1-5-11(9)31/h2,4,6,14,20H,1,3,5,7-8H2,(H5-,25,27,28,30,33,35,36,37,38,39)/p+1/t14-,20?/m1/s1. The Balaban J connectivity index is 1.22. The lowest BCUT2D eigenvalue weighted by Crippen LogP contribution is -2.71. The number of oxime groups is 1. The molecule has 222 valence electrons. The molecule has 5 heterocycles. The van der Waals surface area contributed by atoms with Gasteiger partial charge in [0.05, 0.1) is 0 Å². The molecule has 1 aliphatic carbocycles. The number of carbonyl (C=O) groups excluding carboxylic acids is 2. The van der Waals surface area contributed by atoms with Crippen LogP contribution in [-0.2, 0) is 33.8 Å². The maximum absolute atomic E-state index is 13.1. The molecule has 1 saturated heterocycles. The van der Waals surface area contributed by atoms with Crippen molar-refractivity contribution in [2.45, 2.75) is 41.6 Å². The van der Waals surface area contributed by atoms with Gasteiger partial charge in [-0.25, -0.2) is 14.6 Å². The smallest absolute Gasteiger partial charge is 0.353 e. The molecule has 1 fully saturated rings. The van der Waals surface area contributed by atoms with Crippen molar-refractivity contribution in [2.24, 2.45) is 5.16 Å². The van der Waals surface area contributed by atoms with Crippen LogP contribution in [0.25, 0.3) is 0 Å². The zero-order chi connectivity index (χ0) is 30.4. The SMILES string of the molecule is Nc1nc(/C(=N\O)C(=O)N[C@@H]2C(=O)N3C(C(=O)O)=C(Sc4nc(C[n+]5cccc6c5CCC6)c(C(=O)O)s4)CSC23)ns1. The number of carbonyl (C=O) groups is 4. The van der Waals surface area contributed by atoms with Crippen molar-refractivity contribution in [2.75, 3.05) is 11.5 Å². The van der Waals surface area contributed by atoms with Gasteiger partial charge in [-0.2, -0.15) is 13.9 Å². The number of hydrogen-bond acceptors (Lipinski definition) is 14. The molecule has 2 atom stereocenters. The van der Waals surface area contributed by atoms with Gasteiger partial charge < -0.3 is 26.5 Å². The van der Waals surface area contributed by atoms with E-state index in [0.717, 1.165) is 64.5 Å². The molecule has 0 radical (unpaired) electrons. The number of nitrogens with one attached hydrogen (secondary N) is 1. The van der Waals surface area contributed by atoms with Gasteiger partial charge in [-0.15, -0.1) is 11.8 Å². The average Bonchev–Trinajstić information content (AvgIpc) is 3.72. The molecule has 0 aromatic carbocycles. The third kappa shape index (κ3) is 5.32. The largest absolute Gasteiger partial charge is 0.477 e. The second-order valence-electron chi connectivity index (χ2n) is 9.47. The number of thioether (sulfide) groups is 2. The van der Waals surface area contributed by atoms with E-state index >= 15 is 0 Å². The van der Waals surface area contributed by atoms with Gasteiger partial charge in [0.2, 0.25) is 11.5 Å². The normalized spacial score (nSPS) is 19.6. The first-order valence-corrected chi connectivity index (χ1v) is 16.1. The van der Waals surface area contributed by atoms with Gasteiger partial charge in [-0.3, -0.25) is 14.5 Å². The topological polar surface area (TPSA) is 225 Å². The lowest BCUT2D eigenvalue weighted by atomic mass is 10.0. The van der Waals surface area contributed by atoms with Crippen molar-refractivity contribution in [1.82, 2.24) is 24.6 Å². The number of anilines is 1. The predicted molar refractivity (Wildman–Crippen MR) is 155 cm³/mol. The third-order valence-electron chi connectivity index (χ3n) is 6.93. The van der Waals surface area contributed by atoms with Crippen LogP contribution in [0, 0.1) is 0 Å². The Kier molecular flexibility index (Phi) is 7.79. The van der Waals surface area contributed by atoms with Gasteiger partial charge in [0, 0.05) is 40.2 Å². The first kappa shape index (κ1) is 29.0. The minimum Gasteiger partial charge on any atom is -0.477 e. The summed E-state index contributed by atoms with van der Waals surface area (Å²) in [6.45, 7) is 0.262. The molecule has 19 heteroatoms. The fourth-order valence-corrected chi connectivity index (χ4v) is 9.16. The van der Waals surface area contributed by atoms with Gasteiger partial charge in [0.25, 0.3) is 11.8 Å². The second kappa shape index (κ2) is 11.5. The Bertz CT molecular complexity index is 1750. The van der Waals surface area contributed by atoms with Crippen LogP contribution >= 0.6 is 46.4 Å². The van der Waals surface area contributed by atoms with E-state index in [9.17, 15) is 34.6 Å². The van der Waals surface area contributed by atoms with Gasteiger partial charge in [-0.1, -0.05) is 28.3 Å². The van der Waals surface area contributed by atoms with E-state index in [1.165, 1.54) is 17.3 Å². The van der Waals surface area contributed by atoms with E-state index in [-0.39, 0.29) is 33.8 Å². The van der Waals surface area contributed by atoms with Gasteiger partial charge >= 0.3 is 11.9 Å². The molecule has 6 N–H and O–H groups in total. The molecule has 0 saturated carbocycles. The minimum absolute atomic E-state index is 0.0455. The number of nitrogen functional groups attached to an aromatic ring is 1. The molecule has 1 unspecified atom stereocenters. The van der Waals surface area contributed by atoms with E-state index in [1.54, 1.807) is 0 Å². The Morgan fingerprint density at radius 3 is 2.74 bits per heavy atom. The van der Waals surface area contributed by atoms with Crippen LogP contribution in [0.5, 0.6) is 0 Å². The van der Waals surface area contributed by atoms with E-state index in [0.29, 0.717) is 14.9 Å². The van der Waals surface area contributed by atoms with E-state index in [1.807, 2.05) is 16.8 Å². The van der Waals surface area contributed by atoms with E-state index in [2.05, 4.69) is 30.9 Å². The summed E-state index contributed by atoms with van der Waals surface area (Å²) in [4.78, 5) is 60.0. The maximum Gasteiger partial charge on any atom is 0.353 e. The van der Waals surface area contributed by atoms with Crippen LogP contribution in [0.4, 0.5) is 5.13 Å². The number of aryl methyl sites for hydroxylation is 1. The number of aromatic carboxylic acids is 1. The summed E-state index contributed by atoms with van der Waals surface area (Å²) in [5.41, 5.74) is 7.46. The van der Waals surface area contributed by atoms with Crippen LogP contribution < -0.4 is 15.6 Å². The molecule has 15 nitrogen and oxygen atoms in total. The molecule has 2 amide bonds. The van der Waals surface area contributed by atoms with Crippen molar-refractivity contribution in [3.63, 3.8) is 0 Å². The van der Waals surface area contributed by atoms with Crippen molar-refractivity contribution in [3.05, 3.63) is 56.6 Å². The van der Waals surface area contributed by atoms with Crippen molar-refractivity contribution in [1.29, 1.82) is 0 Å². The Morgan fingerprint density at radius 1 is 1.23 bits per heavy atom.